The number of methoxy groups -OCH3 is 1. The molecular weight excluding hydrogens is 471 g/mol. The Morgan fingerprint density at radius 3 is 2.54 bits per heavy atom. The van der Waals surface area contributed by atoms with Crippen LogP contribution in [0, 0.1) is 5.92 Å². The van der Waals surface area contributed by atoms with Gasteiger partial charge in [0.05, 0.1) is 7.11 Å². The molecule has 0 aliphatic heterocycles. The Kier molecular flexibility index (Phi) is 14.3. The number of hydrogen-bond donors (Lipinski definition) is 3. The predicted molar refractivity (Wildman–Crippen MR) is 125 cm³/mol. The number of rotatable bonds is 11. The van der Waals surface area contributed by atoms with Gasteiger partial charge in [-0.15, -0.1) is 24.0 Å². The van der Waals surface area contributed by atoms with Gasteiger partial charge in [-0.25, -0.2) is 0 Å². The molecule has 1 amide bonds. The highest BCUT2D eigenvalue weighted by Crippen LogP contribution is 2.28. The van der Waals surface area contributed by atoms with Crippen molar-refractivity contribution in [2.24, 2.45) is 10.9 Å². The largest absolute Gasteiger partial charge is 0.493 e. The Labute approximate surface area is 186 Å². The molecule has 160 valence electrons. The van der Waals surface area contributed by atoms with Crippen molar-refractivity contribution >= 4 is 35.8 Å². The third-order valence-electron chi connectivity index (χ3n) is 3.90. The fourth-order valence-electron chi connectivity index (χ4n) is 2.46. The van der Waals surface area contributed by atoms with Crippen LogP contribution in [0.5, 0.6) is 11.5 Å². The van der Waals surface area contributed by atoms with E-state index >= 15 is 0 Å². The van der Waals surface area contributed by atoms with Crippen molar-refractivity contribution in [3.63, 3.8) is 0 Å². The molecule has 0 atom stereocenters. The van der Waals surface area contributed by atoms with Crippen LogP contribution in [0.15, 0.2) is 23.2 Å². The Balaban J connectivity index is 0.00000729. The van der Waals surface area contributed by atoms with Crippen molar-refractivity contribution in [3.05, 3.63) is 23.8 Å². The molecule has 0 fully saturated rings. The van der Waals surface area contributed by atoms with E-state index in [4.69, 9.17) is 9.47 Å². The number of likely N-dealkylation sites (N-methyl/N-ethyl adjacent to an activating group) is 1. The number of carbonyl (C=O) groups is 1. The summed E-state index contributed by atoms with van der Waals surface area (Å²) in [4.78, 5) is 15.8. The second-order valence-corrected chi connectivity index (χ2v) is 6.62. The molecule has 0 aliphatic rings. The van der Waals surface area contributed by atoms with E-state index in [9.17, 15) is 4.79 Å². The van der Waals surface area contributed by atoms with Crippen LogP contribution in [-0.2, 0) is 11.3 Å². The molecule has 0 aliphatic carbocycles. The smallest absolute Gasteiger partial charge is 0.257 e. The molecule has 3 N–H and O–H groups in total. The summed E-state index contributed by atoms with van der Waals surface area (Å²) in [5.74, 6) is 2.47. The normalized spacial score (nSPS) is 10.9. The van der Waals surface area contributed by atoms with Crippen LogP contribution in [0.3, 0.4) is 0 Å². The number of amides is 1. The molecule has 1 aromatic rings. The first-order valence-electron chi connectivity index (χ1n) is 9.51. The molecule has 7 nitrogen and oxygen atoms in total. The fourth-order valence-corrected chi connectivity index (χ4v) is 2.46. The van der Waals surface area contributed by atoms with Gasteiger partial charge in [0.2, 0.25) is 0 Å². The molecule has 0 unspecified atom stereocenters. The Bertz CT molecular complexity index is 609. The summed E-state index contributed by atoms with van der Waals surface area (Å²) in [7, 11) is 3.34. The summed E-state index contributed by atoms with van der Waals surface area (Å²) in [6, 6.07) is 5.65. The van der Waals surface area contributed by atoms with Crippen LogP contribution in [-0.4, -0.2) is 45.7 Å². The maximum absolute atomic E-state index is 11.5. The molecule has 0 radical (unpaired) electrons. The molecule has 0 heterocycles. The second-order valence-electron chi connectivity index (χ2n) is 6.62. The topological polar surface area (TPSA) is 84.0 Å². The van der Waals surface area contributed by atoms with Crippen molar-refractivity contribution in [2.45, 2.75) is 40.2 Å². The van der Waals surface area contributed by atoms with E-state index < -0.39 is 0 Å². The van der Waals surface area contributed by atoms with Crippen molar-refractivity contribution < 1.29 is 14.3 Å². The van der Waals surface area contributed by atoms with E-state index in [1.807, 2.05) is 25.1 Å². The molecule has 8 heteroatoms. The maximum atomic E-state index is 11.5. The molecular formula is C20H35IN4O3. The van der Waals surface area contributed by atoms with Crippen LogP contribution in [0.25, 0.3) is 0 Å². The zero-order chi connectivity index (χ0) is 20.1. The van der Waals surface area contributed by atoms with Gasteiger partial charge in [0.15, 0.2) is 24.1 Å². The lowest BCUT2D eigenvalue weighted by Gasteiger charge is -2.14. The minimum Gasteiger partial charge on any atom is -0.493 e. The third-order valence-corrected chi connectivity index (χ3v) is 3.90. The molecule has 0 saturated heterocycles. The van der Waals surface area contributed by atoms with Crippen LogP contribution < -0.4 is 25.4 Å². The van der Waals surface area contributed by atoms with Crippen LogP contribution in [0.2, 0.25) is 0 Å². The van der Waals surface area contributed by atoms with Crippen molar-refractivity contribution in [1.82, 2.24) is 16.0 Å². The Morgan fingerprint density at radius 1 is 1.18 bits per heavy atom. The lowest BCUT2D eigenvalue weighted by Crippen LogP contribution is -2.37. The summed E-state index contributed by atoms with van der Waals surface area (Å²) in [6.45, 7) is 8.37. The average Bonchev–Trinajstić information content (AvgIpc) is 2.66. The first-order chi connectivity index (χ1) is 13.0. The minimum atomic E-state index is -0.155. The molecule has 1 aromatic carbocycles. The van der Waals surface area contributed by atoms with Crippen molar-refractivity contribution in [3.8, 4) is 11.5 Å². The van der Waals surface area contributed by atoms with E-state index in [2.05, 4.69) is 34.8 Å². The molecule has 0 bridgehead atoms. The number of nitrogens with zero attached hydrogens (tertiary/aromatic N) is 1. The van der Waals surface area contributed by atoms with Crippen molar-refractivity contribution in [1.29, 1.82) is 0 Å². The van der Waals surface area contributed by atoms with Gasteiger partial charge in [0.1, 0.15) is 0 Å². The number of carbonyl (C=O) groups excluding carboxylic acids is 1. The van der Waals surface area contributed by atoms with Gasteiger partial charge in [0, 0.05) is 26.7 Å². The number of nitrogens with one attached hydrogen (secondary N) is 3. The summed E-state index contributed by atoms with van der Waals surface area (Å²) in [6.07, 6.45) is 2.31. The van der Waals surface area contributed by atoms with Gasteiger partial charge in [-0.3, -0.25) is 9.79 Å². The Morgan fingerprint density at radius 2 is 1.93 bits per heavy atom. The number of hydrogen-bond acceptors (Lipinski definition) is 4. The third kappa shape index (κ3) is 10.6. The van der Waals surface area contributed by atoms with Crippen LogP contribution in [0.4, 0.5) is 0 Å². The zero-order valence-electron chi connectivity index (χ0n) is 17.6. The summed E-state index contributed by atoms with van der Waals surface area (Å²) in [5.41, 5.74) is 1.03. The van der Waals surface area contributed by atoms with Crippen LogP contribution in [0.1, 0.15) is 39.2 Å². The summed E-state index contributed by atoms with van der Waals surface area (Å²) in [5, 5.41) is 9.30. The monoisotopic (exact) mass is 506 g/mol. The predicted octanol–water partition coefficient (Wildman–Crippen LogP) is 2.93. The number of benzene rings is 1. The van der Waals surface area contributed by atoms with E-state index in [1.54, 1.807) is 14.2 Å². The van der Waals surface area contributed by atoms with E-state index in [0.717, 1.165) is 24.5 Å². The average molecular weight is 506 g/mol. The van der Waals surface area contributed by atoms with E-state index in [1.165, 1.54) is 6.42 Å². The highest BCUT2D eigenvalue weighted by molar-refractivity contribution is 14.0. The number of halogens is 1. The van der Waals surface area contributed by atoms with Gasteiger partial charge >= 0.3 is 0 Å². The SMILES string of the molecule is CCNC(=O)COc1ccc(CNC(=NC)NCCCC(C)C)cc1OC.I. The van der Waals surface area contributed by atoms with E-state index in [0.29, 0.717) is 30.5 Å². The van der Waals surface area contributed by atoms with Crippen LogP contribution >= 0.6 is 24.0 Å². The van der Waals surface area contributed by atoms with Gasteiger partial charge in [-0.2, -0.15) is 0 Å². The second kappa shape index (κ2) is 15.2. The fraction of sp³-hybridized carbons (Fsp3) is 0.600. The molecule has 0 aromatic heterocycles. The molecule has 28 heavy (non-hydrogen) atoms. The first kappa shape index (κ1) is 26.3. The van der Waals surface area contributed by atoms with E-state index in [-0.39, 0.29) is 36.5 Å². The number of aliphatic imine (C=N–C) groups is 1. The summed E-state index contributed by atoms with van der Waals surface area (Å²) >= 11 is 0. The zero-order valence-corrected chi connectivity index (χ0v) is 20.0. The quantitative estimate of drug-likeness (QED) is 0.186. The molecule has 0 saturated carbocycles. The first-order valence-corrected chi connectivity index (χ1v) is 9.51. The van der Waals surface area contributed by atoms with Gasteiger partial charge in [0.25, 0.3) is 5.91 Å². The standard InChI is InChI=1S/C20H34N4O3.HI/c1-6-22-19(25)14-27-17-10-9-16(12-18(17)26-5)13-24-20(21-4)23-11-7-8-15(2)3;/h9-10,12,15H,6-8,11,13-14H2,1-5H3,(H,22,25)(H2,21,23,24);1H. The summed E-state index contributed by atoms with van der Waals surface area (Å²) < 4.78 is 10.9. The molecule has 1 rings (SSSR count). The lowest BCUT2D eigenvalue weighted by molar-refractivity contribution is -0.123. The van der Waals surface area contributed by atoms with Gasteiger partial charge < -0.3 is 25.4 Å². The minimum absolute atomic E-state index is 0. The highest BCUT2D eigenvalue weighted by Gasteiger charge is 2.09. The number of guanidine groups is 1. The van der Waals surface area contributed by atoms with Gasteiger partial charge in [-0.1, -0.05) is 19.9 Å². The molecule has 0 spiro atoms. The maximum Gasteiger partial charge on any atom is 0.257 e. The Hall–Kier alpha value is -1.71. The highest BCUT2D eigenvalue weighted by atomic mass is 127. The lowest BCUT2D eigenvalue weighted by atomic mass is 10.1. The van der Waals surface area contributed by atoms with Gasteiger partial charge in [-0.05, 0) is 43.4 Å². The van der Waals surface area contributed by atoms with Crippen molar-refractivity contribution in [2.75, 3.05) is 33.9 Å². The number of ether oxygens (including phenoxy) is 2.